The Morgan fingerprint density at radius 3 is 2.61 bits per heavy atom. The Balaban J connectivity index is 2.85. The van der Waals surface area contributed by atoms with Crippen LogP contribution in [0.1, 0.15) is 57.1 Å². The van der Waals surface area contributed by atoms with Crippen molar-refractivity contribution in [3.63, 3.8) is 0 Å². The molecule has 0 aromatic heterocycles. The maximum atomic E-state index is 11.7. The maximum absolute atomic E-state index is 11.7. The second kappa shape index (κ2) is 6.79. The van der Waals surface area contributed by atoms with E-state index < -0.39 is 0 Å². The quantitative estimate of drug-likeness (QED) is 0.808. The van der Waals surface area contributed by atoms with Gasteiger partial charge in [-0.1, -0.05) is 44.9 Å². The molecule has 100 valence electrons. The van der Waals surface area contributed by atoms with Gasteiger partial charge in [0.1, 0.15) is 0 Å². The largest absolute Gasteiger partial charge is 0.326 e. The number of benzene rings is 1. The van der Waals surface area contributed by atoms with E-state index in [1.807, 2.05) is 19.1 Å². The minimum absolute atomic E-state index is 0.0633. The van der Waals surface area contributed by atoms with Crippen molar-refractivity contribution in [2.75, 3.05) is 5.32 Å². The van der Waals surface area contributed by atoms with Gasteiger partial charge in [-0.2, -0.15) is 0 Å². The van der Waals surface area contributed by atoms with Crippen molar-refractivity contribution in [2.45, 2.75) is 52.9 Å². The van der Waals surface area contributed by atoms with Crippen molar-refractivity contribution in [3.05, 3.63) is 28.3 Å². The van der Waals surface area contributed by atoms with Crippen LogP contribution in [0.5, 0.6) is 0 Å². The molecular formula is C15H22ClNO. The first-order valence-electron chi connectivity index (χ1n) is 6.56. The van der Waals surface area contributed by atoms with E-state index in [0.717, 1.165) is 34.7 Å². The van der Waals surface area contributed by atoms with E-state index in [9.17, 15) is 4.79 Å². The highest BCUT2D eigenvalue weighted by atomic mass is 35.5. The molecule has 1 amide bonds. The lowest BCUT2D eigenvalue weighted by Gasteiger charge is -2.15. The summed E-state index contributed by atoms with van der Waals surface area (Å²) < 4.78 is 0. The van der Waals surface area contributed by atoms with Gasteiger partial charge in [-0.3, -0.25) is 4.79 Å². The van der Waals surface area contributed by atoms with Gasteiger partial charge in [-0.25, -0.2) is 0 Å². The van der Waals surface area contributed by atoms with Crippen LogP contribution in [0.15, 0.2) is 12.1 Å². The summed E-state index contributed by atoms with van der Waals surface area (Å²) in [7, 11) is 0. The van der Waals surface area contributed by atoms with Crippen molar-refractivity contribution in [1.82, 2.24) is 0 Å². The Bertz CT molecular complexity index is 427. The number of halogens is 1. The molecule has 18 heavy (non-hydrogen) atoms. The highest BCUT2D eigenvalue weighted by Crippen LogP contribution is 2.31. The number of rotatable bonds is 5. The summed E-state index contributed by atoms with van der Waals surface area (Å²) in [5.41, 5.74) is 2.90. The molecule has 0 aliphatic carbocycles. The molecule has 0 saturated carbocycles. The summed E-state index contributed by atoms with van der Waals surface area (Å²) in [4.78, 5) is 11.7. The van der Waals surface area contributed by atoms with E-state index in [4.69, 9.17) is 11.6 Å². The number of anilines is 1. The Morgan fingerprint density at radius 2 is 2.06 bits per heavy atom. The van der Waals surface area contributed by atoms with Gasteiger partial charge in [0.2, 0.25) is 5.91 Å². The maximum Gasteiger partial charge on any atom is 0.224 e. The normalized spacial score (nSPS) is 10.8. The van der Waals surface area contributed by atoms with E-state index >= 15 is 0 Å². The molecule has 0 heterocycles. The molecule has 2 nitrogen and oxygen atoms in total. The van der Waals surface area contributed by atoms with Gasteiger partial charge in [0, 0.05) is 17.1 Å². The predicted molar refractivity (Wildman–Crippen MR) is 78.4 cm³/mol. The summed E-state index contributed by atoms with van der Waals surface area (Å²) in [6, 6.07) is 3.94. The molecule has 0 fully saturated rings. The number of unbranched alkanes of at least 4 members (excludes halogenated alkanes) is 1. The van der Waals surface area contributed by atoms with Gasteiger partial charge >= 0.3 is 0 Å². The van der Waals surface area contributed by atoms with Crippen LogP contribution in [-0.4, -0.2) is 5.91 Å². The molecular weight excluding hydrogens is 246 g/mol. The molecule has 0 saturated heterocycles. The summed E-state index contributed by atoms with van der Waals surface area (Å²) >= 11 is 6.33. The van der Waals surface area contributed by atoms with Crippen LogP contribution in [0, 0.1) is 6.92 Å². The van der Waals surface area contributed by atoms with Crippen molar-refractivity contribution in [2.24, 2.45) is 0 Å². The van der Waals surface area contributed by atoms with Gasteiger partial charge in [0.15, 0.2) is 0 Å². The average molecular weight is 268 g/mol. The first-order valence-corrected chi connectivity index (χ1v) is 6.94. The molecule has 1 aromatic rings. The molecule has 0 unspecified atom stereocenters. The van der Waals surface area contributed by atoms with Crippen LogP contribution >= 0.6 is 11.6 Å². The number of hydrogen-bond acceptors (Lipinski definition) is 1. The predicted octanol–water partition coefficient (Wildman–Crippen LogP) is 4.90. The second-order valence-electron chi connectivity index (χ2n) is 4.95. The van der Waals surface area contributed by atoms with Crippen LogP contribution in [0.3, 0.4) is 0 Å². The Kier molecular flexibility index (Phi) is 5.67. The van der Waals surface area contributed by atoms with Gasteiger partial charge in [-0.15, -0.1) is 0 Å². The van der Waals surface area contributed by atoms with Gasteiger partial charge < -0.3 is 5.32 Å². The van der Waals surface area contributed by atoms with E-state index in [2.05, 4.69) is 26.1 Å². The number of nitrogens with one attached hydrogen (secondary N) is 1. The fourth-order valence-corrected chi connectivity index (χ4v) is 2.22. The van der Waals surface area contributed by atoms with Gasteiger partial charge in [0.25, 0.3) is 0 Å². The third-order valence-corrected chi connectivity index (χ3v) is 3.57. The van der Waals surface area contributed by atoms with Gasteiger partial charge in [0.05, 0.1) is 0 Å². The van der Waals surface area contributed by atoms with Gasteiger partial charge in [-0.05, 0) is 36.5 Å². The third-order valence-electron chi connectivity index (χ3n) is 3.07. The van der Waals surface area contributed by atoms with Crippen LogP contribution in [0.4, 0.5) is 5.69 Å². The molecule has 0 spiro atoms. The van der Waals surface area contributed by atoms with Crippen LogP contribution in [0.25, 0.3) is 0 Å². The van der Waals surface area contributed by atoms with E-state index in [-0.39, 0.29) is 5.91 Å². The average Bonchev–Trinajstić information content (AvgIpc) is 2.32. The SMILES string of the molecule is CCCCC(=O)Nc1ccc(C(C)C)c(Cl)c1C. The molecule has 0 aliphatic rings. The lowest BCUT2D eigenvalue weighted by molar-refractivity contribution is -0.116. The highest BCUT2D eigenvalue weighted by Gasteiger charge is 2.12. The first kappa shape index (κ1) is 15.0. The molecule has 1 N–H and O–H groups in total. The molecule has 1 aromatic carbocycles. The lowest BCUT2D eigenvalue weighted by Crippen LogP contribution is -2.12. The molecule has 3 heteroatoms. The zero-order valence-corrected chi connectivity index (χ0v) is 12.4. The molecule has 1 rings (SSSR count). The van der Waals surface area contributed by atoms with Crippen molar-refractivity contribution >= 4 is 23.2 Å². The Morgan fingerprint density at radius 1 is 1.39 bits per heavy atom. The van der Waals surface area contributed by atoms with Crippen LogP contribution < -0.4 is 5.32 Å². The molecule has 0 radical (unpaired) electrons. The molecule has 0 bridgehead atoms. The second-order valence-corrected chi connectivity index (χ2v) is 5.33. The van der Waals surface area contributed by atoms with Crippen molar-refractivity contribution in [3.8, 4) is 0 Å². The summed E-state index contributed by atoms with van der Waals surface area (Å²) in [6.45, 7) is 8.25. The smallest absolute Gasteiger partial charge is 0.224 e. The topological polar surface area (TPSA) is 29.1 Å². The van der Waals surface area contributed by atoms with E-state index in [1.54, 1.807) is 0 Å². The zero-order chi connectivity index (χ0) is 13.7. The number of carbonyl (C=O) groups is 1. The number of hydrogen-bond donors (Lipinski definition) is 1. The first-order chi connectivity index (χ1) is 8.47. The van der Waals surface area contributed by atoms with Crippen molar-refractivity contribution in [1.29, 1.82) is 0 Å². The Hall–Kier alpha value is -1.02. The minimum Gasteiger partial charge on any atom is -0.326 e. The Labute approximate surface area is 115 Å². The standard InChI is InChI=1S/C15H22ClNO/c1-5-6-7-14(18)17-13-9-8-12(10(2)3)15(16)11(13)4/h8-10H,5-7H2,1-4H3,(H,17,18). The molecule has 0 aliphatic heterocycles. The number of amides is 1. The third kappa shape index (κ3) is 3.74. The fraction of sp³-hybridized carbons (Fsp3) is 0.533. The zero-order valence-electron chi connectivity index (χ0n) is 11.6. The summed E-state index contributed by atoms with van der Waals surface area (Å²) in [5.74, 6) is 0.453. The monoisotopic (exact) mass is 267 g/mol. The summed E-state index contributed by atoms with van der Waals surface area (Å²) in [5, 5.41) is 3.69. The number of carbonyl (C=O) groups excluding carboxylic acids is 1. The van der Waals surface area contributed by atoms with Crippen LogP contribution in [-0.2, 0) is 4.79 Å². The highest BCUT2D eigenvalue weighted by molar-refractivity contribution is 6.32. The fourth-order valence-electron chi connectivity index (χ4n) is 1.84. The molecule has 0 atom stereocenters. The van der Waals surface area contributed by atoms with E-state index in [1.165, 1.54) is 0 Å². The van der Waals surface area contributed by atoms with Crippen LogP contribution in [0.2, 0.25) is 5.02 Å². The van der Waals surface area contributed by atoms with Crippen molar-refractivity contribution < 1.29 is 4.79 Å². The summed E-state index contributed by atoms with van der Waals surface area (Å²) in [6.07, 6.45) is 2.52. The van der Waals surface area contributed by atoms with E-state index in [0.29, 0.717) is 12.3 Å². The minimum atomic E-state index is 0.0633. The lowest BCUT2D eigenvalue weighted by atomic mass is 10.00.